The van der Waals surface area contributed by atoms with Gasteiger partial charge in [-0.1, -0.05) is 0 Å². The maximum absolute atomic E-state index is 13.0. The maximum Gasteiger partial charge on any atom is 0.419 e. The van der Waals surface area contributed by atoms with Crippen LogP contribution in [-0.2, 0) is 16.0 Å². The summed E-state index contributed by atoms with van der Waals surface area (Å²) in [5.41, 5.74) is -2.09. The molecule has 0 heterocycles. The number of rotatable bonds is 3. The fraction of sp³-hybridized carbons (Fsp3) is 0.364. The molecule has 0 aliphatic rings. The lowest BCUT2D eigenvalue weighted by molar-refractivity contribution is -0.140. The van der Waals surface area contributed by atoms with Crippen LogP contribution < -0.4 is 0 Å². The van der Waals surface area contributed by atoms with Gasteiger partial charge in [-0.15, -0.1) is 0 Å². The first-order valence-corrected chi connectivity index (χ1v) is 7.00. The first-order chi connectivity index (χ1) is 8.44. The minimum absolute atomic E-state index is 0.319. The lowest BCUT2D eigenvalue weighted by Gasteiger charge is -2.12. The summed E-state index contributed by atoms with van der Waals surface area (Å²) in [6.07, 6.45) is -4.15. The molecule has 0 saturated heterocycles. The molecule has 1 aromatic rings. The maximum atomic E-state index is 13.0. The van der Waals surface area contributed by atoms with E-state index in [9.17, 15) is 30.8 Å². The zero-order chi connectivity index (χ0) is 15.0. The van der Waals surface area contributed by atoms with Crippen LogP contribution in [0.2, 0.25) is 0 Å². The van der Waals surface area contributed by atoms with E-state index < -0.39 is 44.0 Å². The quantitative estimate of drug-likeness (QED) is 0.636. The van der Waals surface area contributed by atoms with E-state index in [0.29, 0.717) is 12.1 Å². The molecule has 0 amide bonds. The highest BCUT2D eigenvalue weighted by Gasteiger charge is 2.35. The average molecular weight is 298 g/mol. The van der Waals surface area contributed by atoms with Crippen molar-refractivity contribution in [3.63, 3.8) is 0 Å². The van der Waals surface area contributed by atoms with Crippen LogP contribution in [0.5, 0.6) is 0 Å². The number of Topliss-reactive ketones (excluding diaryl/α,β-unsaturated/α-hetero) is 1. The normalized spacial score (nSPS) is 14.2. The zero-order valence-corrected chi connectivity index (χ0v) is 10.8. The lowest BCUT2D eigenvalue weighted by Crippen LogP contribution is -2.26. The number of ketones is 1. The average Bonchev–Trinajstić information content (AvgIpc) is 2.25. The predicted molar refractivity (Wildman–Crippen MR) is 60.0 cm³/mol. The Bertz CT molecular complexity index is 605. The molecule has 0 aromatic heterocycles. The number of hydrogen-bond acceptors (Lipinski definition) is 3. The summed E-state index contributed by atoms with van der Waals surface area (Å²) in [5.74, 6) is -2.52. The van der Waals surface area contributed by atoms with Gasteiger partial charge in [-0.05, 0) is 25.1 Å². The van der Waals surface area contributed by atoms with Crippen molar-refractivity contribution in [3.8, 4) is 0 Å². The molecule has 0 aliphatic carbocycles. The Labute approximate surface area is 107 Å². The molecular weight excluding hydrogens is 288 g/mol. The van der Waals surface area contributed by atoms with Crippen LogP contribution in [0.15, 0.2) is 18.2 Å². The third-order valence-electron chi connectivity index (χ3n) is 2.57. The molecule has 1 unspecified atom stereocenters. The van der Waals surface area contributed by atoms with Gasteiger partial charge < -0.3 is 0 Å². The minimum Gasteiger partial charge on any atom is -0.293 e. The third kappa shape index (κ3) is 3.52. The van der Waals surface area contributed by atoms with Crippen molar-refractivity contribution in [1.29, 1.82) is 0 Å². The van der Waals surface area contributed by atoms with Gasteiger partial charge in [0.05, 0.1) is 5.56 Å². The van der Waals surface area contributed by atoms with Gasteiger partial charge in [-0.3, -0.25) is 4.79 Å². The molecule has 8 heteroatoms. The molecule has 1 atom stereocenters. The summed E-state index contributed by atoms with van der Waals surface area (Å²) in [7, 11) is -3.73. The summed E-state index contributed by atoms with van der Waals surface area (Å²) >= 11 is 0. The number of hydrogen-bond donors (Lipinski definition) is 0. The molecule has 1 rings (SSSR count). The number of alkyl halides is 3. The van der Waals surface area contributed by atoms with Crippen LogP contribution in [0, 0.1) is 5.82 Å². The second kappa shape index (κ2) is 4.92. The van der Waals surface area contributed by atoms with Crippen molar-refractivity contribution in [2.45, 2.75) is 18.3 Å². The van der Waals surface area contributed by atoms with E-state index in [0.717, 1.165) is 19.2 Å². The van der Waals surface area contributed by atoms with Gasteiger partial charge in [0.2, 0.25) is 0 Å². The molecule has 1 aromatic carbocycles. The third-order valence-corrected chi connectivity index (χ3v) is 4.07. The topological polar surface area (TPSA) is 51.2 Å². The molecule has 0 radical (unpaired) electrons. The Balaban J connectivity index is 3.28. The van der Waals surface area contributed by atoms with Gasteiger partial charge in [0.1, 0.15) is 11.1 Å². The van der Waals surface area contributed by atoms with Gasteiger partial charge in [0.25, 0.3) is 0 Å². The number of sulfone groups is 1. The second-order valence-electron chi connectivity index (χ2n) is 4.03. The molecule has 3 nitrogen and oxygen atoms in total. The highest BCUT2D eigenvalue weighted by Crippen LogP contribution is 2.32. The van der Waals surface area contributed by atoms with Crippen molar-refractivity contribution in [2.75, 3.05) is 6.26 Å². The SMILES string of the molecule is CC(C(=O)c1ccc(F)c(C(F)(F)F)c1)S(C)(=O)=O. The molecule has 19 heavy (non-hydrogen) atoms. The molecule has 0 fully saturated rings. The largest absolute Gasteiger partial charge is 0.419 e. The fourth-order valence-corrected chi connectivity index (χ4v) is 1.85. The van der Waals surface area contributed by atoms with Crippen molar-refractivity contribution < 1.29 is 30.8 Å². The fourth-order valence-electron chi connectivity index (χ4n) is 1.32. The van der Waals surface area contributed by atoms with Crippen LogP contribution in [0.25, 0.3) is 0 Å². The summed E-state index contributed by atoms with van der Waals surface area (Å²) in [6, 6.07) is 1.64. The second-order valence-corrected chi connectivity index (χ2v) is 6.39. The number of carbonyl (C=O) groups is 1. The monoisotopic (exact) mass is 298 g/mol. The van der Waals surface area contributed by atoms with Gasteiger partial charge in [0, 0.05) is 11.8 Å². The Kier molecular flexibility index (Phi) is 4.04. The molecule has 0 spiro atoms. The van der Waals surface area contributed by atoms with E-state index in [1.807, 2.05) is 0 Å². The number of halogens is 4. The van der Waals surface area contributed by atoms with Crippen LogP contribution in [0.3, 0.4) is 0 Å². The Morgan fingerprint density at radius 1 is 1.26 bits per heavy atom. The van der Waals surface area contributed by atoms with E-state index in [4.69, 9.17) is 0 Å². The Hall–Kier alpha value is -1.44. The van der Waals surface area contributed by atoms with E-state index >= 15 is 0 Å². The first kappa shape index (κ1) is 15.6. The number of carbonyl (C=O) groups excluding carboxylic acids is 1. The number of benzene rings is 1. The highest BCUT2D eigenvalue weighted by molar-refractivity contribution is 7.92. The van der Waals surface area contributed by atoms with Crippen LogP contribution in [0.1, 0.15) is 22.8 Å². The summed E-state index contributed by atoms with van der Waals surface area (Å²) in [5, 5.41) is -1.49. The van der Waals surface area contributed by atoms with Crippen molar-refractivity contribution in [2.24, 2.45) is 0 Å². The summed E-state index contributed by atoms with van der Waals surface area (Å²) in [4.78, 5) is 11.7. The van der Waals surface area contributed by atoms with Gasteiger partial charge in [-0.25, -0.2) is 12.8 Å². The van der Waals surface area contributed by atoms with Crippen molar-refractivity contribution >= 4 is 15.6 Å². The van der Waals surface area contributed by atoms with E-state index in [-0.39, 0.29) is 0 Å². The van der Waals surface area contributed by atoms with Crippen LogP contribution >= 0.6 is 0 Å². The summed E-state index contributed by atoms with van der Waals surface area (Å²) in [6.45, 7) is 1.06. The van der Waals surface area contributed by atoms with Crippen LogP contribution in [-0.4, -0.2) is 25.7 Å². The van der Waals surface area contributed by atoms with Gasteiger partial charge in [-0.2, -0.15) is 13.2 Å². The van der Waals surface area contributed by atoms with Crippen molar-refractivity contribution in [1.82, 2.24) is 0 Å². The first-order valence-electron chi connectivity index (χ1n) is 5.04. The van der Waals surface area contributed by atoms with E-state index in [1.54, 1.807) is 0 Å². The smallest absolute Gasteiger partial charge is 0.293 e. The van der Waals surface area contributed by atoms with E-state index in [1.165, 1.54) is 0 Å². The van der Waals surface area contributed by atoms with Crippen molar-refractivity contribution in [3.05, 3.63) is 35.1 Å². The van der Waals surface area contributed by atoms with Gasteiger partial charge >= 0.3 is 6.18 Å². The predicted octanol–water partition coefficient (Wildman–Crippen LogP) is 2.46. The molecule has 0 saturated carbocycles. The standard InChI is InChI=1S/C11H10F4O3S/c1-6(19(2,17)18)10(16)7-3-4-9(12)8(5-7)11(13,14)15/h3-6H,1-2H3. The highest BCUT2D eigenvalue weighted by atomic mass is 32.2. The van der Waals surface area contributed by atoms with Crippen LogP contribution in [0.4, 0.5) is 17.6 Å². The molecule has 106 valence electrons. The van der Waals surface area contributed by atoms with Gasteiger partial charge in [0.15, 0.2) is 15.6 Å². The summed E-state index contributed by atoms with van der Waals surface area (Å²) < 4.78 is 72.7. The molecule has 0 bridgehead atoms. The molecule has 0 aliphatic heterocycles. The minimum atomic E-state index is -4.95. The molecular formula is C11H10F4O3S. The lowest BCUT2D eigenvalue weighted by atomic mass is 10.0. The zero-order valence-electron chi connectivity index (χ0n) is 9.95. The molecule has 0 N–H and O–H groups in total. The Morgan fingerprint density at radius 2 is 1.79 bits per heavy atom. The Morgan fingerprint density at radius 3 is 2.21 bits per heavy atom. The van der Waals surface area contributed by atoms with E-state index in [2.05, 4.69) is 0 Å².